The number of pyridine rings is 2. The number of hydrogen-bond donors (Lipinski definition) is 3. The number of nitrogens with two attached hydrogens (primary N) is 1. The van der Waals surface area contributed by atoms with Crippen LogP contribution in [0.2, 0.25) is 0 Å². The SMILES string of the molecule is NC(c1ccc2c(c1)OCO2)c1ccccn1.O=C(NC(c1ccc2c(c1)OCO2)c1ccccn1)C1CCN(CCOc2ccccc2F)CC1.O=C(O)C1CCN(CCOc2ccccc2F)CC1. The van der Waals surface area contributed by atoms with E-state index >= 15 is 0 Å². The monoisotopic (exact) mass is 972 g/mol. The highest BCUT2D eigenvalue weighted by atomic mass is 19.1. The molecule has 2 saturated heterocycles. The summed E-state index contributed by atoms with van der Waals surface area (Å²) in [6, 6.07) is 34.9. The number of fused-ring (bicyclic) bond motifs is 2. The van der Waals surface area contributed by atoms with E-state index in [9.17, 15) is 18.4 Å². The number of benzene rings is 4. The van der Waals surface area contributed by atoms with Crippen molar-refractivity contribution in [2.24, 2.45) is 17.6 Å². The minimum atomic E-state index is -0.706. The molecule has 10 rings (SSSR count). The fourth-order valence-corrected chi connectivity index (χ4v) is 8.58. The topological polar surface area (TPSA) is 180 Å². The van der Waals surface area contributed by atoms with E-state index in [-0.39, 0.29) is 66.5 Å². The molecule has 4 aliphatic heterocycles. The van der Waals surface area contributed by atoms with Crippen molar-refractivity contribution in [3.8, 4) is 34.5 Å². The number of hydrogen-bond acceptors (Lipinski definition) is 13. The predicted molar refractivity (Wildman–Crippen MR) is 259 cm³/mol. The maximum Gasteiger partial charge on any atom is 0.306 e. The number of likely N-dealkylation sites (tertiary alicyclic amines) is 2. The highest BCUT2D eigenvalue weighted by molar-refractivity contribution is 5.79. The number of para-hydroxylation sites is 2. The number of ether oxygens (including phenoxy) is 6. The summed E-state index contributed by atoms with van der Waals surface area (Å²) in [4.78, 5) is 37.2. The van der Waals surface area contributed by atoms with Crippen LogP contribution in [0.1, 0.15) is 60.3 Å². The highest BCUT2D eigenvalue weighted by Crippen LogP contribution is 2.37. The van der Waals surface area contributed by atoms with Gasteiger partial charge in [0.15, 0.2) is 46.1 Å². The Kier molecular flexibility index (Phi) is 17.6. The van der Waals surface area contributed by atoms with E-state index in [1.165, 1.54) is 12.1 Å². The van der Waals surface area contributed by atoms with Gasteiger partial charge in [-0.1, -0.05) is 48.5 Å². The fraction of sp³-hybridized carbons (Fsp3) is 0.333. The van der Waals surface area contributed by atoms with Crippen LogP contribution in [0.3, 0.4) is 0 Å². The lowest BCUT2D eigenvalue weighted by molar-refractivity contribution is -0.143. The first-order valence-electron chi connectivity index (χ1n) is 23.8. The van der Waals surface area contributed by atoms with Gasteiger partial charge in [0, 0.05) is 31.4 Å². The summed E-state index contributed by atoms with van der Waals surface area (Å²) in [5, 5.41) is 12.1. The van der Waals surface area contributed by atoms with E-state index in [0.717, 1.165) is 73.0 Å². The van der Waals surface area contributed by atoms with Gasteiger partial charge >= 0.3 is 5.97 Å². The Bertz CT molecular complexity index is 2650. The van der Waals surface area contributed by atoms with Crippen molar-refractivity contribution in [2.45, 2.75) is 37.8 Å². The standard InChI is InChI=1S/C27H28FN3O4.C14H18FNO3.C13H12N2O2/c28-21-5-1-2-7-23(21)33-16-15-31-13-10-19(11-14-31)27(32)30-26(22-6-3-4-12-29-22)20-8-9-24-25(17-20)35-18-34-24;15-12-3-1-2-4-13(12)19-10-9-16-7-5-11(6-8-16)14(17)18;14-13(10-3-1-2-6-15-10)9-4-5-11-12(7-9)17-8-16-11/h1-9,12,17,19,26H,10-11,13-16,18H2,(H,30,32);1-4,11H,5-10H2,(H,17,18);1-7,13H,8,14H2. The molecule has 0 spiro atoms. The molecule has 6 heterocycles. The molecule has 0 saturated carbocycles. The zero-order chi connectivity index (χ0) is 49.4. The van der Waals surface area contributed by atoms with Crippen molar-refractivity contribution in [3.05, 3.63) is 168 Å². The Balaban J connectivity index is 0.000000158. The number of aromatic nitrogens is 2. The molecule has 15 nitrogen and oxygen atoms in total. The van der Waals surface area contributed by atoms with E-state index in [2.05, 4.69) is 25.1 Å². The number of piperidine rings is 2. The molecule has 0 bridgehead atoms. The minimum Gasteiger partial charge on any atom is -0.489 e. The first kappa shape index (κ1) is 50.1. The van der Waals surface area contributed by atoms with Gasteiger partial charge in [-0.3, -0.25) is 29.4 Å². The van der Waals surface area contributed by atoms with Crippen LogP contribution in [-0.2, 0) is 9.59 Å². The first-order valence-corrected chi connectivity index (χ1v) is 23.8. The van der Waals surface area contributed by atoms with Gasteiger partial charge in [0.05, 0.1) is 29.4 Å². The number of aliphatic carboxylic acids is 1. The highest BCUT2D eigenvalue weighted by Gasteiger charge is 2.29. The van der Waals surface area contributed by atoms with E-state index in [0.29, 0.717) is 50.6 Å². The van der Waals surface area contributed by atoms with Crippen molar-refractivity contribution < 1.29 is 51.9 Å². The third kappa shape index (κ3) is 13.9. The third-order valence-corrected chi connectivity index (χ3v) is 12.7. The number of nitrogens with zero attached hydrogens (tertiary/aromatic N) is 4. The molecule has 2 fully saturated rings. The van der Waals surface area contributed by atoms with Gasteiger partial charge in [0.1, 0.15) is 13.2 Å². The van der Waals surface area contributed by atoms with Crippen LogP contribution in [-0.4, -0.2) is 103 Å². The molecule has 2 unspecified atom stereocenters. The Morgan fingerprint density at radius 3 is 1.59 bits per heavy atom. The van der Waals surface area contributed by atoms with Crippen molar-refractivity contribution in [1.29, 1.82) is 0 Å². The summed E-state index contributed by atoms with van der Waals surface area (Å²) in [5.74, 6) is 1.71. The molecular weight excluding hydrogens is 915 g/mol. The van der Waals surface area contributed by atoms with Gasteiger partial charge in [-0.05, 0) is 136 Å². The van der Waals surface area contributed by atoms with Crippen LogP contribution >= 0.6 is 0 Å². The maximum atomic E-state index is 13.7. The summed E-state index contributed by atoms with van der Waals surface area (Å²) in [6.45, 7) is 5.78. The number of carboxylic acids is 1. The van der Waals surface area contributed by atoms with Gasteiger partial charge in [-0.15, -0.1) is 0 Å². The fourth-order valence-electron chi connectivity index (χ4n) is 8.58. The first-order chi connectivity index (χ1) is 34.7. The second-order valence-corrected chi connectivity index (χ2v) is 17.3. The van der Waals surface area contributed by atoms with Gasteiger partial charge in [-0.2, -0.15) is 0 Å². The summed E-state index contributed by atoms with van der Waals surface area (Å²) >= 11 is 0. The van der Waals surface area contributed by atoms with Crippen molar-refractivity contribution in [2.75, 3.05) is 66.1 Å². The van der Waals surface area contributed by atoms with Crippen molar-refractivity contribution >= 4 is 11.9 Å². The molecule has 2 atom stereocenters. The number of nitrogens with one attached hydrogen (secondary N) is 1. The normalized spacial score (nSPS) is 16.3. The maximum absolute atomic E-state index is 13.7. The third-order valence-electron chi connectivity index (χ3n) is 12.7. The molecule has 0 aliphatic carbocycles. The zero-order valence-electron chi connectivity index (χ0n) is 39.2. The molecule has 17 heteroatoms. The summed E-state index contributed by atoms with van der Waals surface area (Å²) in [7, 11) is 0. The molecule has 4 N–H and O–H groups in total. The molecule has 6 aromatic rings. The number of rotatable bonds is 15. The van der Waals surface area contributed by atoms with E-state index < -0.39 is 5.97 Å². The van der Waals surface area contributed by atoms with Crippen LogP contribution in [0.4, 0.5) is 8.78 Å². The average molecular weight is 973 g/mol. The Hall–Kier alpha value is -7.34. The second-order valence-electron chi connectivity index (χ2n) is 17.3. The summed E-state index contributed by atoms with van der Waals surface area (Å²) in [6.07, 6.45) is 6.32. The minimum absolute atomic E-state index is 0.0144. The van der Waals surface area contributed by atoms with E-state index in [1.54, 1.807) is 48.8 Å². The zero-order valence-corrected chi connectivity index (χ0v) is 39.2. The van der Waals surface area contributed by atoms with Crippen molar-refractivity contribution in [3.63, 3.8) is 0 Å². The number of carbonyl (C=O) groups is 2. The lowest BCUT2D eigenvalue weighted by Gasteiger charge is -2.32. The number of amides is 1. The molecule has 71 heavy (non-hydrogen) atoms. The lowest BCUT2D eigenvalue weighted by atomic mass is 9.94. The van der Waals surface area contributed by atoms with Crippen LogP contribution in [0.15, 0.2) is 134 Å². The Labute approximate surface area is 411 Å². The van der Waals surface area contributed by atoms with E-state index in [4.69, 9.17) is 39.3 Å². The largest absolute Gasteiger partial charge is 0.489 e. The summed E-state index contributed by atoms with van der Waals surface area (Å²) in [5.41, 5.74) is 9.62. The second kappa shape index (κ2) is 25.0. The average Bonchev–Trinajstić information content (AvgIpc) is 4.10. The van der Waals surface area contributed by atoms with Gasteiger partial charge in [0.25, 0.3) is 0 Å². The number of carboxylic acid groups (broad SMARTS) is 1. The van der Waals surface area contributed by atoms with Crippen LogP contribution < -0.4 is 39.5 Å². The van der Waals surface area contributed by atoms with Crippen molar-refractivity contribution in [1.82, 2.24) is 25.1 Å². The van der Waals surface area contributed by atoms with Gasteiger partial charge in [-0.25, -0.2) is 8.78 Å². The molecule has 2 aromatic heterocycles. The van der Waals surface area contributed by atoms with Crippen LogP contribution in [0.25, 0.3) is 0 Å². The molecular formula is C54H58F2N6O9. The molecule has 372 valence electrons. The Morgan fingerprint density at radius 1 is 0.620 bits per heavy atom. The smallest absolute Gasteiger partial charge is 0.306 e. The molecule has 4 aromatic carbocycles. The van der Waals surface area contributed by atoms with Gasteiger partial charge < -0.3 is 44.6 Å². The molecule has 1 amide bonds. The summed E-state index contributed by atoms with van der Waals surface area (Å²) < 4.78 is 59.5. The van der Waals surface area contributed by atoms with Crippen LogP contribution in [0, 0.1) is 23.5 Å². The lowest BCUT2D eigenvalue weighted by Crippen LogP contribution is -2.43. The van der Waals surface area contributed by atoms with Crippen LogP contribution in [0.5, 0.6) is 34.5 Å². The quantitative estimate of drug-likeness (QED) is 0.0907. The molecule has 0 radical (unpaired) electrons. The number of carbonyl (C=O) groups excluding carboxylic acids is 1. The Morgan fingerprint density at radius 2 is 1.08 bits per heavy atom. The molecule has 4 aliphatic rings. The number of halogens is 2. The predicted octanol–water partition coefficient (Wildman–Crippen LogP) is 7.81. The van der Waals surface area contributed by atoms with Gasteiger partial charge in [0.2, 0.25) is 19.5 Å². The van der Waals surface area contributed by atoms with E-state index in [1.807, 2.05) is 72.8 Å².